The van der Waals surface area contributed by atoms with Crippen molar-refractivity contribution >= 4 is 5.78 Å². The summed E-state index contributed by atoms with van der Waals surface area (Å²) in [4.78, 5) is 12.1. The van der Waals surface area contributed by atoms with E-state index in [1.165, 1.54) is 31.3 Å². The number of fused-ring (bicyclic) bond motifs is 1. The Bertz CT molecular complexity index is 736. The fourth-order valence-corrected chi connectivity index (χ4v) is 6.45. The number of aliphatic hydroxyl groups excluding tert-OH is 1. The summed E-state index contributed by atoms with van der Waals surface area (Å²) in [7, 11) is 0. The third-order valence-electron chi connectivity index (χ3n) is 8.26. The van der Waals surface area contributed by atoms with Gasteiger partial charge in [0, 0.05) is 6.42 Å². The van der Waals surface area contributed by atoms with Crippen LogP contribution in [0, 0.1) is 23.2 Å². The Balaban J connectivity index is 1.69. The number of ketones is 1. The van der Waals surface area contributed by atoms with E-state index in [9.17, 15) is 15.0 Å². The van der Waals surface area contributed by atoms with E-state index in [2.05, 4.69) is 32.1 Å². The van der Waals surface area contributed by atoms with Gasteiger partial charge in [-0.3, -0.25) is 4.79 Å². The molecule has 0 aliphatic heterocycles. The second kappa shape index (κ2) is 9.12. The van der Waals surface area contributed by atoms with Crippen molar-refractivity contribution in [2.75, 3.05) is 0 Å². The highest BCUT2D eigenvalue weighted by Gasteiger charge is 2.49. The van der Waals surface area contributed by atoms with E-state index < -0.39 is 11.7 Å². The molecular weight excluding hydrogens is 372 g/mol. The molecule has 5 atom stereocenters. The molecule has 3 rings (SSSR count). The van der Waals surface area contributed by atoms with Crippen molar-refractivity contribution in [2.24, 2.45) is 23.2 Å². The zero-order chi connectivity index (χ0) is 22.1. The topological polar surface area (TPSA) is 57.5 Å². The number of aliphatic hydroxyl groups is 2. The first-order valence-corrected chi connectivity index (χ1v) is 12.0. The predicted molar refractivity (Wildman–Crippen MR) is 123 cm³/mol. The summed E-state index contributed by atoms with van der Waals surface area (Å²) in [5.74, 6) is 2.09. The van der Waals surface area contributed by atoms with Gasteiger partial charge >= 0.3 is 0 Å². The van der Waals surface area contributed by atoms with E-state index in [1.807, 2.05) is 20.8 Å². The van der Waals surface area contributed by atoms with Crippen molar-refractivity contribution in [3.8, 4) is 0 Å². The van der Waals surface area contributed by atoms with Crippen LogP contribution in [0.3, 0.4) is 0 Å². The largest absolute Gasteiger partial charge is 0.392 e. The standard InChI is InChI=1S/C27H42O3/c1-18(8-6-14-26(3,4)30)23-12-13-24-20(9-7-15-27(23,24)5)10-11-21-16-22(28)17-25(29)19(21)2/h9-11,18,22-24,28,30H,6-8,12-17H2,1-5H3/b11-10-/t18-,22-,23-,24+,27-/m1/s1. The van der Waals surface area contributed by atoms with Crippen LogP contribution in [0.1, 0.15) is 92.4 Å². The number of carbonyl (C=O) groups excluding carboxylic acids is 1. The van der Waals surface area contributed by atoms with Crippen molar-refractivity contribution in [1.82, 2.24) is 0 Å². The molecule has 0 unspecified atom stereocenters. The zero-order valence-corrected chi connectivity index (χ0v) is 19.7. The fraction of sp³-hybridized carbons (Fsp3) is 0.741. The zero-order valence-electron chi connectivity index (χ0n) is 19.7. The lowest BCUT2D eigenvalue weighted by molar-refractivity contribution is -0.117. The highest BCUT2D eigenvalue weighted by molar-refractivity contribution is 5.97. The molecule has 0 radical (unpaired) electrons. The molecule has 0 bridgehead atoms. The average molecular weight is 415 g/mol. The highest BCUT2D eigenvalue weighted by atomic mass is 16.3. The number of carbonyl (C=O) groups is 1. The summed E-state index contributed by atoms with van der Waals surface area (Å²) in [6, 6.07) is 0. The minimum atomic E-state index is -0.561. The number of rotatable bonds is 7. The van der Waals surface area contributed by atoms with Gasteiger partial charge in [-0.1, -0.05) is 44.9 Å². The maximum atomic E-state index is 12.1. The molecule has 0 saturated heterocycles. The van der Waals surface area contributed by atoms with E-state index in [-0.39, 0.29) is 12.2 Å². The van der Waals surface area contributed by atoms with Crippen molar-refractivity contribution in [3.63, 3.8) is 0 Å². The molecule has 3 heteroatoms. The van der Waals surface area contributed by atoms with Crippen LogP contribution in [-0.2, 0) is 4.79 Å². The molecule has 30 heavy (non-hydrogen) atoms. The molecule has 0 heterocycles. The lowest BCUT2D eigenvalue weighted by Gasteiger charge is -2.43. The smallest absolute Gasteiger partial charge is 0.161 e. The first kappa shape index (κ1) is 23.5. The Hall–Kier alpha value is -1.19. The molecule has 168 valence electrons. The lowest BCUT2D eigenvalue weighted by Crippen LogP contribution is -2.35. The van der Waals surface area contributed by atoms with Gasteiger partial charge in [-0.2, -0.15) is 0 Å². The van der Waals surface area contributed by atoms with Gasteiger partial charge in [-0.05, 0) is 99.2 Å². The summed E-state index contributed by atoms with van der Waals surface area (Å²) >= 11 is 0. The van der Waals surface area contributed by atoms with Crippen molar-refractivity contribution < 1.29 is 15.0 Å². The Morgan fingerprint density at radius 1 is 1.27 bits per heavy atom. The van der Waals surface area contributed by atoms with Crippen LogP contribution in [0.25, 0.3) is 0 Å². The highest BCUT2D eigenvalue weighted by Crippen LogP contribution is 2.58. The van der Waals surface area contributed by atoms with E-state index in [4.69, 9.17) is 0 Å². The lowest BCUT2D eigenvalue weighted by atomic mass is 9.62. The van der Waals surface area contributed by atoms with Crippen LogP contribution in [0.15, 0.2) is 34.9 Å². The number of allylic oxidation sites excluding steroid dienone is 5. The summed E-state index contributed by atoms with van der Waals surface area (Å²) in [5.41, 5.74) is 3.03. The molecule has 3 nitrogen and oxygen atoms in total. The Morgan fingerprint density at radius 2 is 2.00 bits per heavy atom. The molecule has 3 aliphatic carbocycles. The minimum absolute atomic E-state index is 0.0803. The van der Waals surface area contributed by atoms with Gasteiger partial charge in [0.2, 0.25) is 0 Å². The second-order valence-corrected chi connectivity index (χ2v) is 11.1. The molecule has 0 aromatic carbocycles. The van der Waals surface area contributed by atoms with E-state index >= 15 is 0 Å². The normalized spacial score (nSPS) is 33.8. The minimum Gasteiger partial charge on any atom is -0.392 e. The van der Waals surface area contributed by atoms with Gasteiger partial charge in [0.1, 0.15) is 0 Å². The first-order valence-electron chi connectivity index (χ1n) is 12.0. The van der Waals surface area contributed by atoms with Crippen LogP contribution in [-0.4, -0.2) is 27.7 Å². The molecular formula is C27H42O3. The number of hydrogen-bond acceptors (Lipinski definition) is 3. The summed E-state index contributed by atoms with van der Waals surface area (Å²) in [6.07, 6.45) is 15.1. The van der Waals surface area contributed by atoms with Gasteiger partial charge < -0.3 is 10.2 Å². The van der Waals surface area contributed by atoms with Gasteiger partial charge in [-0.15, -0.1) is 0 Å². The number of Topliss-reactive ketones (excluding diaryl/α,β-unsaturated/α-hetero) is 1. The van der Waals surface area contributed by atoms with Crippen molar-refractivity contribution in [2.45, 2.75) is 104 Å². The number of hydrogen-bond donors (Lipinski definition) is 2. The molecule has 1 fully saturated rings. The van der Waals surface area contributed by atoms with Crippen LogP contribution in [0.4, 0.5) is 0 Å². The second-order valence-electron chi connectivity index (χ2n) is 11.1. The third-order valence-corrected chi connectivity index (χ3v) is 8.26. The van der Waals surface area contributed by atoms with Crippen LogP contribution < -0.4 is 0 Å². The van der Waals surface area contributed by atoms with Gasteiger partial charge in [0.15, 0.2) is 5.78 Å². The fourth-order valence-electron chi connectivity index (χ4n) is 6.45. The molecule has 0 spiro atoms. The van der Waals surface area contributed by atoms with Crippen LogP contribution in [0.2, 0.25) is 0 Å². The molecule has 3 aliphatic rings. The van der Waals surface area contributed by atoms with Crippen molar-refractivity contribution in [3.05, 3.63) is 34.9 Å². The van der Waals surface area contributed by atoms with Crippen LogP contribution in [0.5, 0.6) is 0 Å². The molecule has 0 aromatic heterocycles. The van der Waals surface area contributed by atoms with E-state index in [1.54, 1.807) is 0 Å². The van der Waals surface area contributed by atoms with Crippen LogP contribution >= 0.6 is 0 Å². The summed E-state index contributed by atoms with van der Waals surface area (Å²) < 4.78 is 0. The van der Waals surface area contributed by atoms with E-state index in [0.29, 0.717) is 23.7 Å². The molecule has 2 N–H and O–H groups in total. The Kier molecular flexibility index (Phi) is 7.14. The Morgan fingerprint density at radius 3 is 2.70 bits per heavy atom. The maximum absolute atomic E-state index is 12.1. The maximum Gasteiger partial charge on any atom is 0.161 e. The van der Waals surface area contributed by atoms with E-state index in [0.717, 1.165) is 36.3 Å². The Labute approximate surface area is 183 Å². The predicted octanol–water partition coefficient (Wildman–Crippen LogP) is 5.91. The molecule has 0 aromatic rings. The quantitative estimate of drug-likeness (QED) is 0.544. The van der Waals surface area contributed by atoms with Gasteiger partial charge in [-0.25, -0.2) is 0 Å². The summed E-state index contributed by atoms with van der Waals surface area (Å²) in [5, 5.41) is 20.0. The average Bonchev–Trinajstić information content (AvgIpc) is 3.00. The summed E-state index contributed by atoms with van der Waals surface area (Å²) in [6.45, 7) is 10.6. The molecule has 1 saturated carbocycles. The molecule has 0 amide bonds. The monoisotopic (exact) mass is 414 g/mol. The van der Waals surface area contributed by atoms with Gasteiger partial charge in [0.05, 0.1) is 11.7 Å². The van der Waals surface area contributed by atoms with Gasteiger partial charge in [0.25, 0.3) is 0 Å². The SMILES string of the molecule is CC1=C(/C=C\C2=CCC[C@]3(C)[C@@H]([C@H](C)CCCC(C)(C)O)CC[C@@H]23)C[C@@H](O)CC1=O. The third kappa shape index (κ3) is 5.16. The first-order chi connectivity index (χ1) is 14.0. The van der Waals surface area contributed by atoms with Crippen molar-refractivity contribution in [1.29, 1.82) is 0 Å².